The van der Waals surface area contributed by atoms with E-state index in [9.17, 15) is 29.6 Å². The number of aromatic hydroxyl groups is 1. The van der Waals surface area contributed by atoms with Crippen LogP contribution in [0.2, 0.25) is 0 Å². The normalized spacial score (nSPS) is 10.3. The highest BCUT2D eigenvalue weighted by Crippen LogP contribution is 2.26. The maximum atomic E-state index is 12.4. The van der Waals surface area contributed by atoms with Gasteiger partial charge in [0.05, 0.1) is 22.4 Å². The summed E-state index contributed by atoms with van der Waals surface area (Å²) in [5.41, 5.74) is 4.56. The Morgan fingerprint density at radius 1 is 1.07 bits per heavy atom. The van der Waals surface area contributed by atoms with E-state index in [0.29, 0.717) is 16.8 Å². The van der Waals surface area contributed by atoms with Gasteiger partial charge in [-0.15, -0.1) is 0 Å². The molecule has 2 aromatic heterocycles. The highest BCUT2D eigenvalue weighted by atomic mass is 16.6. The number of hydrazine groups is 1. The molecule has 3 rings (SSSR count). The van der Waals surface area contributed by atoms with Crippen LogP contribution >= 0.6 is 0 Å². The number of phenols is 1. The van der Waals surface area contributed by atoms with Crippen LogP contribution in [0.4, 0.5) is 5.69 Å². The molecule has 0 fully saturated rings. The van der Waals surface area contributed by atoms with Crippen molar-refractivity contribution < 1.29 is 28.8 Å². The van der Waals surface area contributed by atoms with E-state index in [-0.39, 0.29) is 17.1 Å². The molecule has 0 atom stereocenters. The minimum Gasteiger partial charge on any atom is -0.502 e. The number of pyridine rings is 1. The summed E-state index contributed by atoms with van der Waals surface area (Å²) in [5.74, 6) is -2.53. The molecule has 0 spiro atoms. The van der Waals surface area contributed by atoms with Crippen molar-refractivity contribution in [2.45, 2.75) is 6.92 Å². The Morgan fingerprint density at radius 2 is 1.77 bits per heavy atom. The van der Waals surface area contributed by atoms with Gasteiger partial charge in [0, 0.05) is 23.4 Å². The van der Waals surface area contributed by atoms with Crippen molar-refractivity contribution in [1.29, 1.82) is 0 Å². The third-order valence-corrected chi connectivity index (χ3v) is 4.04. The molecular formula is C19H14N4O7. The topological polar surface area (TPSA) is 165 Å². The fourth-order valence-corrected chi connectivity index (χ4v) is 2.50. The van der Waals surface area contributed by atoms with Crippen LogP contribution in [0.25, 0.3) is 11.3 Å². The Morgan fingerprint density at radius 3 is 2.40 bits per heavy atom. The van der Waals surface area contributed by atoms with Gasteiger partial charge in [0.1, 0.15) is 0 Å². The lowest BCUT2D eigenvalue weighted by Gasteiger charge is -2.08. The van der Waals surface area contributed by atoms with Gasteiger partial charge in [0.25, 0.3) is 5.91 Å². The van der Waals surface area contributed by atoms with Crippen molar-refractivity contribution in [3.63, 3.8) is 0 Å². The van der Waals surface area contributed by atoms with Gasteiger partial charge in [0.15, 0.2) is 11.5 Å². The summed E-state index contributed by atoms with van der Waals surface area (Å²) >= 11 is 0. The van der Waals surface area contributed by atoms with E-state index in [2.05, 4.69) is 15.8 Å². The number of carbonyl (C=O) groups is 3. The number of hydrogen-bond acceptors (Lipinski definition) is 8. The van der Waals surface area contributed by atoms with Crippen molar-refractivity contribution in [3.05, 3.63) is 75.9 Å². The lowest BCUT2D eigenvalue weighted by molar-refractivity contribution is -0.385. The Bertz CT molecular complexity index is 1150. The summed E-state index contributed by atoms with van der Waals surface area (Å²) in [7, 11) is 0. The minimum atomic E-state index is -0.844. The standard InChI is InChI=1S/C19H14N4O7/c1-10(24)12-2-4-14(20-9-12)13-6-7-30-17(13)19(27)22-21-18(26)11-3-5-16(25)15(8-11)23(28)29/h2-9,25H,1H3,(H,21,26)(H,22,27). The zero-order valence-corrected chi connectivity index (χ0v) is 15.4. The van der Waals surface area contributed by atoms with Crippen LogP contribution < -0.4 is 10.9 Å². The molecule has 3 aromatic rings. The molecule has 0 aliphatic carbocycles. The summed E-state index contributed by atoms with van der Waals surface area (Å²) < 4.78 is 5.17. The van der Waals surface area contributed by atoms with E-state index in [0.717, 1.165) is 18.2 Å². The smallest absolute Gasteiger partial charge is 0.311 e. The van der Waals surface area contributed by atoms with Crippen molar-refractivity contribution >= 4 is 23.3 Å². The second-order valence-corrected chi connectivity index (χ2v) is 6.02. The Labute approximate surface area is 168 Å². The number of nitro groups is 1. The molecule has 0 unspecified atom stereocenters. The number of amides is 2. The molecule has 0 radical (unpaired) electrons. The Kier molecular flexibility index (Phi) is 5.54. The molecule has 0 aliphatic heterocycles. The number of phenolic OH excluding ortho intramolecular Hbond substituents is 1. The predicted octanol–water partition coefficient (Wildman–Crippen LogP) is 2.23. The summed E-state index contributed by atoms with van der Waals surface area (Å²) in [4.78, 5) is 50.0. The number of furan rings is 1. The van der Waals surface area contributed by atoms with E-state index in [4.69, 9.17) is 4.42 Å². The number of carbonyl (C=O) groups excluding carboxylic acids is 3. The first-order valence-corrected chi connectivity index (χ1v) is 8.41. The molecular weight excluding hydrogens is 396 g/mol. The number of nitrogens with one attached hydrogen (secondary N) is 2. The summed E-state index contributed by atoms with van der Waals surface area (Å²) in [6, 6.07) is 7.62. The monoisotopic (exact) mass is 410 g/mol. The first kappa shape index (κ1) is 20.2. The number of Topliss-reactive ketones (excluding diaryl/α,β-unsaturated/α-hetero) is 1. The van der Waals surface area contributed by atoms with E-state index >= 15 is 0 Å². The third-order valence-electron chi connectivity index (χ3n) is 4.04. The molecule has 30 heavy (non-hydrogen) atoms. The summed E-state index contributed by atoms with van der Waals surface area (Å²) in [5, 5.41) is 20.3. The Balaban J connectivity index is 1.73. The van der Waals surface area contributed by atoms with Crippen LogP contribution in [0.1, 0.15) is 38.2 Å². The predicted molar refractivity (Wildman–Crippen MR) is 102 cm³/mol. The van der Waals surface area contributed by atoms with Crippen molar-refractivity contribution in [2.75, 3.05) is 0 Å². The molecule has 0 bridgehead atoms. The Hall–Kier alpha value is -4.54. The highest BCUT2D eigenvalue weighted by Gasteiger charge is 2.20. The molecule has 0 aliphatic rings. The third kappa shape index (κ3) is 4.14. The van der Waals surface area contributed by atoms with E-state index in [1.165, 1.54) is 25.5 Å². The van der Waals surface area contributed by atoms with Crippen LogP contribution in [0.5, 0.6) is 5.75 Å². The maximum Gasteiger partial charge on any atom is 0.311 e. The van der Waals surface area contributed by atoms with Crippen LogP contribution in [0, 0.1) is 10.1 Å². The zero-order valence-electron chi connectivity index (χ0n) is 15.4. The van der Waals surface area contributed by atoms with Gasteiger partial charge in [0.2, 0.25) is 5.76 Å². The molecule has 11 nitrogen and oxygen atoms in total. The van der Waals surface area contributed by atoms with Gasteiger partial charge in [-0.2, -0.15) is 0 Å². The van der Waals surface area contributed by atoms with Crippen molar-refractivity contribution in [1.82, 2.24) is 15.8 Å². The minimum absolute atomic E-state index is 0.143. The van der Waals surface area contributed by atoms with Crippen LogP contribution in [-0.4, -0.2) is 32.6 Å². The van der Waals surface area contributed by atoms with E-state index < -0.39 is 28.2 Å². The van der Waals surface area contributed by atoms with Gasteiger partial charge in [-0.1, -0.05) is 0 Å². The second kappa shape index (κ2) is 8.22. The summed E-state index contributed by atoms with van der Waals surface area (Å²) in [6.45, 7) is 1.40. The second-order valence-electron chi connectivity index (χ2n) is 6.02. The van der Waals surface area contributed by atoms with Gasteiger partial charge < -0.3 is 9.52 Å². The number of rotatable bonds is 5. The van der Waals surface area contributed by atoms with Crippen molar-refractivity contribution in [3.8, 4) is 17.0 Å². The fraction of sp³-hybridized carbons (Fsp3) is 0.0526. The van der Waals surface area contributed by atoms with Crippen LogP contribution in [0.3, 0.4) is 0 Å². The van der Waals surface area contributed by atoms with Gasteiger partial charge in [-0.3, -0.25) is 40.3 Å². The average molecular weight is 410 g/mol. The largest absolute Gasteiger partial charge is 0.502 e. The van der Waals surface area contributed by atoms with Crippen LogP contribution in [-0.2, 0) is 0 Å². The number of ketones is 1. The average Bonchev–Trinajstić information content (AvgIpc) is 3.22. The molecule has 2 heterocycles. The lowest BCUT2D eigenvalue weighted by atomic mass is 10.1. The van der Waals surface area contributed by atoms with Gasteiger partial charge in [-0.25, -0.2) is 0 Å². The van der Waals surface area contributed by atoms with Gasteiger partial charge in [-0.05, 0) is 37.3 Å². The van der Waals surface area contributed by atoms with E-state index in [1.54, 1.807) is 12.1 Å². The number of aromatic nitrogens is 1. The number of benzene rings is 1. The number of nitrogens with zero attached hydrogens (tertiary/aromatic N) is 2. The first-order chi connectivity index (χ1) is 14.3. The number of hydrogen-bond donors (Lipinski definition) is 3. The molecule has 11 heteroatoms. The van der Waals surface area contributed by atoms with Crippen LogP contribution in [0.15, 0.2) is 53.3 Å². The van der Waals surface area contributed by atoms with E-state index in [1.807, 2.05) is 0 Å². The summed E-state index contributed by atoms with van der Waals surface area (Å²) in [6.07, 6.45) is 2.63. The van der Waals surface area contributed by atoms with Crippen molar-refractivity contribution in [2.24, 2.45) is 0 Å². The molecule has 1 aromatic carbocycles. The first-order valence-electron chi connectivity index (χ1n) is 8.41. The SMILES string of the molecule is CC(=O)c1ccc(-c2ccoc2C(=O)NNC(=O)c2ccc(O)c([N+](=O)[O-])c2)nc1. The molecule has 2 amide bonds. The molecule has 3 N–H and O–H groups in total. The lowest BCUT2D eigenvalue weighted by Crippen LogP contribution is -2.41. The number of nitro benzene ring substituents is 1. The molecule has 0 saturated heterocycles. The quantitative estimate of drug-likeness (QED) is 0.327. The fourth-order valence-electron chi connectivity index (χ4n) is 2.50. The van der Waals surface area contributed by atoms with Gasteiger partial charge >= 0.3 is 11.6 Å². The zero-order chi connectivity index (χ0) is 21.8. The highest BCUT2D eigenvalue weighted by molar-refractivity contribution is 6.01. The maximum absolute atomic E-state index is 12.4. The molecule has 152 valence electrons. The molecule has 0 saturated carbocycles.